The average Bonchev–Trinajstić information content (AvgIpc) is 3.71. The number of nitrogens with one attached hydrogen (secondary N) is 2. The standard InChI is InChI=1S/C23H38N7O17P3S.C8H8O3/c1-12(31)51-7-6-25-14(32)4-5-26-21(35)18(34)23(2,3)9-44-50(41,42)47-49(39,40)43-8-13-17(46-48(36,37)38)16(33)22(45-13)30-11-29-15-19(24)27-10-28-20(15)30;1-5-3-2-4-6(9)7(5)8(10)11/h10-11,13,16-18,22,33-34H,4-9H2,1-3H3,(H,25,32)(H,26,35)(H,39,40)(H,41,42)(H2,24,27,28)(H2,36,37,38);2-4,9H,1H3,(H,10,11)/t13-,16-,17-,18+,22-;/m1./s1. The lowest BCUT2D eigenvalue weighted by Gasteiger charge is -2.30. The van der Waals surface area contributed by atoms with Crippen LogP contribution in [0.3, 0.4) is 0 Å². The van der Waals surface area contributed by atoms with E-state index in [1.165, 1.54) is 26.8 Å². The summed E-state index contributed by atoms with van der Waals surface area (Å²) in [6.07, 6.45) is -6.88. The summed E-state index contributed by atoms with van der Waals surface area (Å²) in [5, 5.41) is 43.7. The number of rotatable bonds is 20. The number of aromatic nitrogens is 4. The molecule has 1 saturated heterocycles. The van der Waals surface area contributed by atoms with Gasteiger partial charge < -0.3 is 61.1 Å². The molecule has 0 bridgehead atoms. The van der Waals surface area contributed by atoms with E-state index in [0.717, 1.165) is 29.0 Å². The highest BCUT2D eigenvalue weighted by atomic mass is 32.2. The van der Waals surface area contributed by atoms with Crippen LogP contribution in [0.2, 0.25) is 0 Å². The molecule has 1 aliphatic rings. The molecule has 2 unspecified atom stereocenters. The Morgan fingerprint density at radius 2 is 1.69 bits per heavy atom. The third-order valence-corrected chi connectivity index (χ3v) is 12.2. The van der Waals surface area contributed by atoms with Crippen molar-refractivity contribution >= 4 is 75.1 Å². The van der Waals surface area contributed by atoms with Gasteiger partial charge in [-0.05, 0) is 18.6 Å². The van der Waals surface area contributed by atoms with Gasteiger partial charge in [-0.1, -0.05) is 37.7 Å². The number of aryl methyl sites for hydroxylation is 1. The second-order valence-electron chi connectivity index (χ2n) is 13.7. The van der Waals surface area contributed by atoms with Crippen molar-refractivity contribution in [2.45, 2.75) is 64.8 Å². The number of thioether (sulfide) groups is 1. The number of phenols is 1. The Kier molecular flexibility index (Phi) is 18.7. The molecular weight excluding hydrogens is 915 g/mol. The summed E-state index contributed by atoms with van der Waals surface area (Å²) in [5.74, 6) is -2.36. The summed E-state index contributed by atoms with van der Waals surface area (Å²) in [6.45, 7) is 3.54. The predicted octanol–water partition coefficient (Wildman–Crippen LogP) is 0.0834. The number of imidazole rings is 1. The van der Waals surface area contributed by atoms with E-state index in [-0.39, 0.29) is 52.9 Å². The molecule has 1 aromatic carbocycles. The molecule has 62 heavy (non-hydrogen) atoms. The minimum Gasteiger partial charge on any atom is -0.507 e. The van der Waals surface area contributed by atoms with Crippen LogP contribution in [0.5, 0.6) is 5.75 Å². The van der Waals surface area contributed by atoms with E-state index in [2.05, 4.69) is 34.4 Å². The number of anilines is 1. The van der Waals surface area contributed by atoms with Gasteiger partial charge in [0, 0.05) is 37.6 Å². The Hall–Kier alpha value is -3.95. The number of aromatic hydroxyl groups is 1. The number of hydrogen-bond donors (Lipinski definition) is 11. The summed E-state index contributed by atoms with van der Waals surface area (Å²) < 4.78 is 61.8. The van der Waals surface area contributed by atoms with Gasteiger partial charge in [0.05, 0.1) is 19.5 Å². The van der Waals surface area contributed by atoms with Gasteiger partial charge in [-0.2, -0.15) is 4.31 Å². The van der Waals surface area contributed by atoms with Crippen LogP contribution in [0, 0.1) is 12.3 Å². The number of amides is 2. The predicted molar refractivity (Wildman–Crippen MR) is 213 cm³/mol. The number of nitrogens with two attached hydrogens (primary N) is 1. The van der Waals surface area contributed by atoms with E-state index in [1.54, 1.807) is 19.1 Å². The number of fused-ring (bicyclic) bond motifs is 1. The van der Waals surface area contributed by atoms with E-state index in [9.17, 15) is 62.7 Å². The van der Waals surface area contributed by atoms with E-state index < -0.39 is 90.5 Å². The second kappa shape index (κ2) is 22.1. The zero-order chi connectivity index (χ0) is 46.8. The van der Waals surface area contributed by atoms with Gasteiger partial charge >= 0.3 is 29.4 Å². The van der Waals surface area contributed by atoms with Crippen LogP contribution in [-0.2, 0) is 50.7 Å². The number of carbonyl (C=O) groups excluding carboxylic acids is 3. The third kappa shape index (κ3) is 15.7. The number of aromatic carboxylic acids is 1. The maximum absolute atomic E-state index is 12.6. The van der Waals surface area contributed by atoms with Gasteiger partial charge in [-0.25, -0.2) is 33.4 Å². The van der Waals surface area contributed by atoms with Gasteiger partial charge in [-0.3, -0.25) is 32.5 Å². The fourth-order valence-corrected chi connectivity index (χ4v) is 8.58. The lowest BCUT2D eigenvalue weighted by atomic mass is 9.87. The summed E-state index contributed by atoms with van der Waals surface area (Å²) >= 11 is 1.03. The normalized spacial score (nSPS) is 20.3. The first-order valence-corrected chi connectivity index (χ1v) is 23.2. The number of carbonyl (C=O) groups is 4. The first-order chi connectivity index (χ1) is 28.6. The summed E-state index contributed by atoms with van der Waals surface area (Å²) in [4.78, 5) is 96.4. The minimum atomic E-state index is -5.56. The molecule has 0 aliphatic carbocycles. The van der Waals surface area contributed by atoms with Crippen molar-refractivity contribution in [2.75, 3.05) is 37.8 Å². The van der Waals surface area contributed by atoms with Crippen LogP contribution >= 0.6 is 35.2 Å². The van der Waals surface area contributed by atoms with Crippen LogP contribution in [0.1, 0.15) is 49.3 Å². The maximum Gasteiger partial charge on any atom is 0.481 e. The Bertz CT molecular complexity index is 2210. The van der Waals surface area contributed by atoms with E-state index in [0.29, 0.717) is 11.3 Å². The van der Waals surface area contributed by atoms with Gasteiger partial charge in [0.25, 0.3) is 0 Å². The Balaban J connectivity index is 0.000000805. The minimum absolute atomic E-state index is 0.0208. The van der Waals surface area contributed by atoms with Gasteiger partial charge in [0.1, 0.15) is 47.6 Å². The largest absolute Gasteiger partial charge is 0.507 e. The van der Waals surface area contributed by atoms with Gasteiger partial charge in [-0.15, -0.1) is 0 Å². The number of ether oxygens (including phenoxy) is 1. The lowest BCUT2D eigenvalue weighted by Crippen LogP contribution is -2.46. The fourth-order valence-electron chi connectivity index (χ4n) is 5.26. The molecular formula is C31H46N7O20P3S. The highest BCUT2D eigenvalue weighted by Gasteiger charge is 2.50. The number of aliphatic hydroxyl groups is 2. The molecule has 346 valence electrons. The van der Waals surface area contributed by atoms with Gasteiger partial charge in [0.2, 0.25) is 11.8 Å². The van der Waals surface area contributed by atoms with E-state index >= 15 is 0 Å². The molecule has 27 nitrogen and oxygen atoms in total. The number of carboxylic acid groups (broad SMARTS) is 1. The molecule has 12 N–H and O–H groups in total. The quantitative estimate of drug-likeness (QED) is 0.0528. The van der Waals surface area contributed by atoms with E-state index in [4.69, 9.17) is 29.7 Å². The molecule has 0 saturated carbocycles. The smallest absolute Gasteiger partial charge is 0.481 e. The number of phosphoric acid groups is 3. The second-order valence-corrected chi connectivity index (χ2v) is 19.2. The maximum atomic E-state index is 12.6. The third-order valence-electron chi connectivity index (χ3n) is 8.27. The highest BCUT2D eigenvalue weighted by molar-refractivity contribution is 8.13. The summed E-state index contributed by atoms with van der Waals surface area (Å²) in [7, 11) is -16.4. The van der Waals surface area contributed by atoms with Crippen molar-refractivity contribution in [1.29, 1.82) is 0 Å². The van der Waals surface area contributed by atoms with Crippen molar-refractivity contribution in [3.05, 3.63) is 42.0 Å². The fraction of sp³-hybridized carbons (Fsp3) is 0.516. The van der Waals surface area contributed by atoms with Crippen molar-refractivity contribution in [3.63, 3.8) is 0 Å². The lowest BCUT2D eigenvalue weighted by molar-refractivity contribution is -0.137. The highest BCUT2D eigenvalue weighted by Crippen LogP contribution is 2.61. The Labute approximate surface area is 355 Å². The number of carboxylic acids is 1. The molecule has 31 heteroatoms. The molecule has 2 aromatic heterocycles. The molecule has 0 radical (unpaired) electrons. The van der Waals surface area contributed by atoms with Gasteiger partial charge in [0.15, 0.2) is 22.8 Å². The Morgan fingerprint density at radius 3 is 2.29 bits per heavy atom. The van der Waals surface area contributed by atoms with Crippen molar-refractivity contribution < 1.29 is 95.5 Å². The van der Waals surface area contributed by atoms with Crippen molar-refractivity contribution in [1.82, 2.24) is 30.2 Å². The molecule has 0 spiro atoms. The van der Waals surface area contributed by atoms with Crippen LogP contribution in [0.15, 0.2) is 30.9 Å². The van der Waals surface area contributed by atoms with Crippen molar-refractivity contribution in [2.24, 2.45) is 5.41 Å². The number of aliphatic hydroxyl groups excluding tert-OH is 2. The number of nitrogen functional groups attached to an aromatic ring is 1. The molecule has 2 amide bonds. The topological polar surface area (TPSA) is 421 Å². The molecule has 1 aliphatic heterocycles. The zero-order valence-electron chi connectivity index (χ0n) is 33.1. The number of benzene rings is 1. The van der Waals surface area contributed by atoms with Crippen LogP contribution in [0.25, 0.3) is 11.2 Å². The van der Waals surface area contributed by atoms with E-state index in [1.807, 2.05) is 0 Å². The summed E-state index contributed by atoms with van der Waals surface area (Å²) in [5.41, 5.74) is 4.81. The first kappa shape index (κ1) is 52.4. The monoisotopic (exact) mass is 961 g/mol. The number of phosphoric ester groups is 3. The molecule has 3 heterocycles. The van der Waals surface area contributed by atoms with Crippen LogP contribution in [-0.4, -0.2) is 139 Å². The van der Waals surface area contributed by atoms with Crippen molar-refractivity contribution in [3.8, 4) is 5.75 Å². The molecule has 4 rings (SSSR count). The number of hydrogen-bond acceptors (Lipinski definition) is 20. The Morgan fingerprint density at radius 1 is 1.03 bits per heavy atom. The average molecular weight is 962 g/mol. The molecule has 3 aromatic rings. The first-order valence-electron chi connectivity index (χ1n) is 17.7. The molecule has 1 fully saturated rings. The van der Waals surface area contributed by atoms with Crippen LogP contribution in [0.4, 0.5) is 5.82 Å². The molecule has 7 atom stereocenters. The van der Waals surface area contributed by atoms with Crippen LogP contribution < -0.4 is 16.4 Å². The zero-order valence-corrected chi connectivity index (χ0v) is 36.6. The number of nitrogens with zero attached hydrogens (tertiary/aromatic N) is 4. The SMILES string of the molecule is CC(=O)SCCNC(=O)CCNC(=O)[C@H](O)C(C)(C)COP(=O)(O)OP(=O)(O)OC[C@H]1O[C@@H](n2cnc3c(N)ncnc32)[C@H](O)[C@@H]1OP(=O)(O)O.Cc1cccc(O)c1C(=O)O. The summed E-state index contributed by atoms with van der Waals surface area (Å²) in [6, 6.07) is 4.61.